The Kier molecular flexibility index (Phi) is 5.43. The Morgan fingerprint density at radius 2 is 2.22 bits per heavy atom. The van der Waals surface area contributed by atoms with Crippen molar-refractivity contribution in [3.63, 3.8) is 0 Å². The topological polar surface area (TPSA) is 86.3 Å². The molecule has 6 nitrogen and oxygen atoms in total. The van der Waals surface area contributed by atoms with E-state index in [0.717, 1.165) is 16.7 Å². The molecule has 140 valence electrons. The number of furan rings is 1. The highest BCUT2D eigenvalue weighted by molar-refractivity contribution is 8.01. The average molecular weight is 402 g/mol. The molecule has 0 bridgehead atoms. The number of nitrogens with one attached hydrogen (secondary N) is 1. The number of ketones is 1. The van der Waals surface area contributed by atoms with Gasteiger partial charge in [-0.05, 0) is 12.1 Å². The fourth-order valence-electron chi connectivity index (χ4n) is 3.42. The number of nitrogens with zero attached hydrogens (tertiary/aromatic N) is 2. The molecule has 4 rings (SSSR count). The van der Waals surface area contributed by atoms with Gasteiger partial charge in [0.1, 0.15) is 29.2 Å². The van der Waals surface area contributed by atoms with Crippen LogP contribution in [-0.2, 0) is 16.0 Å². The SMILES string of the molecule is N#C[C@@H]1CSCN1C(=O)[C@H]1NCSC1C(=O)CCc1cc2ccccc2o1. The van der Waals surface area contributed by atoms with E-state index in [-0.39, 0.29) is 11.7 Å². The third-order valence-electron chi connectivity index (χ3n) is 4.86. The first-order valence-corrected chi connectivity index (χ1v) is 11.0. The number of aryl methyl sites for hydroxylation is 1. The smallest absolute Gasteiger partial charge is 0.243 e. The maximum atomic E-state index is 12.8. The molecule has 2 aromatic rings. The monoisotopic (exact) mass is 401 g/mol. The van der Waals surface area contributed by atoms with E-state index in [2.05, 4.69) is 11.4 Å². The van der Waals surface area contributed by atoms with Gasteiger partial charge in [0.15, 0.2) is 0 Å². The number of hydrogen-bond acceptors (Lipinski definition) is 7. The van der Waals surface area contributed by atoms with Crippen molar-refractivity contribution in [3.8, 4) is 6.07 Å². The Morgan fingerprint density at radius 3 is 3.04 bits per heavy atom. The van der Waals surface area contributed by atoms with Crippen molar-refractivity contribution in [1.82, 2.24) is 10.2 Å². The van der Waals surface area contributed by atoms with Gasteiger partial charge in [0.25, 0.3) is 0 Å². The lowest BCUT2D eigenvalue weighted by atomic mass is 10.0. The van der Waals surface area contributed by atoms with Crippen LogP contribution in [0.5, 0.6) is 0 Å². The van der Waals surface area contributed by atoms with Gasteiger partial charge in [0, 0.05) is 29.9 Å². The molecule has 1 aromatic heterocycles. The van der Waals surface area contributed by atoms with Crippen molar-refractivity contribution < 1.29 is 14.0 Å². The summed E-state index contributed by atoms with van der Waals surface area (Å²) in [5.41, 5.74) is 0.819. The highest BCUT2D eigenvalue weighted by Crippen LogP contribution is 2.29. The summed E-state index contributed by atoms with van der Waals surface area (Å²) in [6, 6.07) is 10.9. The number of carbonyl (C=O) groups is 2. The summed E-state index contributed by atoms with van der Waals surface area (Å²) in [4.78, 5) is 27.2. The molecular formula is C19H19N3O3S2. The van der Waals surface area contributed by atoms with Gasteiger partial charge in [0.2, 0.25) is 5.91 Å². The summed E-state index contributed by atoms with van der Waals surface area (Å²) in [6.07, 6.45) is 0.852. The van der Waals surface area contributed by atoms with Crippen LogP contribution in [0.1, 0.15) is 12.2 Å². The zero-order valence-corrected chi connectivity index (χ0v) is 16.2. The van der Waals surface area contributed by atoms with E-state index in [1.165, 1.54) is 11.8 Å². The summed E-state index contributed by atoms with van der Waals surface area (Å²) < 4.78 is 5.78. The number of fused-ring (bicyclic) bond motifs is 1. The number of thioether (sulfide) groups is 2. The van der Waals surface area contributed by atoms with Crippen molar-refractivity contribution in [3.05, 3.63) is 36.1 Å². The second kappa shape index (κ2) is 7.97. The van der Waals surface area contributed by atoms with E-state index in [0.29, 0.717) is 30.3 Å². The normalized spacial score (nSPS) is 25.0. The summed E-state index contributed by atoms with van der Waals surface area (Å²) in [7, 11) is 0. The average Bonchev–Trinajstić information content (AvgIpc) is 3.43. The molecule has 1 aromatic carbocycles. The minimum absolute atomic E-state index is 0.0455. The molecule has 0 aliphatic carbocycles. The first kappa shape index (κ1) is 18.4. The number of para-hydroxylation sites is 1. The minimum Gasteiger partial charge on any atom is -0.461 e. The van der Waals surface area contributed by atoms with Crippen LogP contribution in [-0.4, -0.2) is 51.4 Å². The molecule has 8 heteroatoms. The van der Waals surface area contributed by atoms with E-state index in [4.69, 9.17) is 4.42 Å². The number of nitriles is 1. The predicted molar refractivity (Wildman–Crippen MR) is 106 cm³/mol. The van der Waals surface area contributed by atoms with Crippen molar-refractivity contribution in [2.24, 2.45) is 0 Å². The van der Waals surface area contributed by atoms with Gasteiger partial charge >= 0.3 is 0 Å². The summed E-state index contributed by atoms with van der Waals surface area (Å²) in [5.74, 6) is 2.40. The summed E-state index contributed by atoms with van der Waals surface area (Å²) >= 11 is 3.04. The molecule has 0 saturated carbocycles. The van der Waals surface area contributed by atoms with Gasteiger partial charge in [-0.15, -0.1) is 23.5 Å². The Morgan fingerprint density at radius 1 is 1.37 bits per heavy atom. The van der Waals surface area contributed by atoms with Gasteiger partial charge in [-0.25, -0.2) is 0 Å². The quantitative estimate of drug-likeness (QED) is 0.823. The van der Waals surface area contributed by atoms with Crippen molar-refractivity contribution in [2.45, 2.75) is 30.2 Å². The van der Waals surface area contributed by atoms with E-state index in [1.807, 2.05) is 30.3 Å². The molecule has 3 heterocycles. The van der Waals surface area contributed by atoms with Gasteiger partial charge < -0.3 is 9.32 Å². The molecule has 27 heavy (non-hydrogen) atoms. The standard InChI is InChI=1S/C19H19N3O3S2/c20-8-13-9-26-11-22(13)19(24)17-18(27-10-21-17)15(23)6-5-14-7-12-3-1-2-4-16(12)25-14/h1-4,7,13,17-18,21H,5-6,9-11H2/t13-,17+,18?/m1/s1. The predicted octanol–water partition coefficient (Wildman–Crippen LogP) is 2.39. The van der Waals surface area contributed by atoms with Crippen LogP contribution >= 0.6 is 23.5 Å². The number of hydrogen-bond donors (Lipinski definition) is 1. The van der Waals surface area contributed by atoms with Crippen LogP contribution in [0.2, 0.25) is 0 Å². The Balaban J connectivity index is 1.40. The van der Waals surface area contributed by atoms with Crippen LogP contribution in [0.25, 0.3) is 11.0 Å². The Hall–Kier alpha value is -1.95. The molecule has 3 atom stereocenters. The van der Waals surface area contributed by atoms with E-state index >= 15 is 0 Å². The molecule has 1 N–H and O–H groups in total. The lowest BCUT2D eigenvalue weighted by Gasteiger charge is -2.25. The van der Waals surface area contributed by atoms with Gasteiger partial charge in [0.05, 0.1) is 17.2 Å². The number of amides is 1. The maximum absolute atomic E-state index is 12.8. The molecule has 0 radical (unpaired) electrons. The molecule has 2 fully saturated rings. The lowest BCUT2D eigenvalue weighted by molar-refractivity contribution is -0.134. The molecule has 2 saturated heterocycles. The van der Waals surface area contributed by atoms with Crippen molar-refractivity contribution in [2.75, 3.05) is 17.5 Å². The summed E-state index contributed by atoms with van der Waals surface area (Å²) in [6.45, 7) is 0. The van der Waals surface area contributed by atoms with E-state index < -0.39 is 17.3 Å². The van der Waals surface area contributed by atoms with Crippen molar-refractivity contribution >= 4 is 46.2 Å². The molecule has 2 aliphatic heterocycles. The number of rotatable bonds is 5. The van der Waals surface area contributed by atoms with Crippen LogP contribution in [0.15, 0.2) is 34.7 Å². The molecule has 1 amide bonds. The first-order chi connectivity index (χ1) is 13.2. The summed E-state index contributed by atoms with van der Waals surface area (Å²) in [5, 5.41) is 13.0. The van der Waals surface area contributed by atoms with E-state index in [9.17, 15) is 14.9 Å². The highest BCUT2D eigenvalue weighted by atomic mass is 32.2. The Labute approximate surface area is 165 Å². The maximum Gasteiger partial charge on any atom is 0.243 e. The van der Waals surface area contributed by atoms with Gasteiger partial charge in [-0.2, -0.15) is 5.26 Å². The van der Waals surface area contributed by atoms with Crippen molar-refractivity contribution in [1.29, 1.82) is 5.26 Å². The van der Waals surface area contributed by atoms with Crippen LogP contribution < -0.4 is 5.32 Å². The largest absolute Gasteiger partial charge is 0.461 e. The van der Waals surface area contributed by atoms with E-state index in [1.54, 1.807) is 16.7 Å². The zero-order valence-electron chi connectivity index (χ0n) is 14.6. The third kappa shape index (κ3) is 3.72. The van der Waals surface area contributed by atoms with Gasteiger partial charge in [-0.1, -0.05) is 18.2 Å². The molecular weight excluding hydrogens is 382 g/mol. The fourth-order valence-corrected chi connectivity index (χ4v) is 5.67. The lowest BCUT2D eigenvalue weighted by Crippen LogP contribution is -2.51. The van der Waals surface area contributed by atoms with Crippen LogP contribution in [0, 0.1) is 11.3 Å². The highest BCUT2D eigenvalue weighted by Gasteiger charge is 2.42. The number of carbonyl (C=O) groups excluding carboxylic acids is 2. The Bertz CT molecular complexity index is 874. The molecule has 1 unspecified atom stereocenters. The fraction of sp³-hybridized carbons (Fsp3) is 0.421. The van der Waals surface area contributed by atoms with Crippen LogP contribution in [0.3, 0.4) is 0 Å². The van der Waals surface area contributed by atoms with Gasteiger partial charge in [-0.3, -0.25) is 14.9 Å². The number of Topliss-reactive ketones (excluding diaryl/α,β-unsaturated/α-hetero) is 1. The second-order valence-electron chi connectivity index (χ2n) is 6.58. The zero-order chi connectivity index (χ0) is 18.8. The third-order valence-corrected chi connectivity index (χ3v) is 7.10. The molecule has 0 spiro atoms. The van der Waals surface area contributed by atoms with Crippen LogP contribution in [0.4, 0.5) is 0 Å². The second-order valence-corrected chi connectivity index (χ2v) is 8.71. The molecule has 2 aliphatic rings. The first-order valence-electron chi connectivity index (χ1n) is 8.80. The minimum atomic E-state index is -0.548. The number of benzene rings is 1.